The molecule has 0 saturated carbocycles. The first kappa shape index (κ1) is 10.4. The second kappa shape index (κ2) is 3.63. The number of carboxylic acid groups (broad SMARTS) is 1. The molecule has 0 radical (unpaired) electrons. The Hall–Kier alpha value is -2.76. The molecule has 0 aliphatic heterocycles. The number of carbonyl (C=O) groups is 1. The number of nitrogens with one attached hydrogen (secondary N) is 2. The van der Waals surface area contributed by atoms with E-state index < -0.39 is 5.97 Å². The lowest BCUT2D eigenvalue weighted by Gasteiger charge is -1.91. The number of aromatic amines is 2. The highest BCUT2D eigenvalue weighted by molar-refractivity contribution is 5.90. The molecule has 2 aromatic heterocycles. The quantitative estimate of drug-likeness (QED) is 0.552. The fourth-order valence-corrected chi connectivity index (χ4v) is 1.85. The van der Waals surface area contributed by atoms with Crippen LogP contribution in [0, 0.1) is 0 Å². The molecule has 0 spiro atoms. The lowest BCUT2D eigenvalue weighted by molar-refractivity contribution is 0.0685. The molecule has 0 saturated heterocycles. The summed E-state index contributed by atoms with van der Waals surface area (Å²) in [4.78, 5) is 20.2. The predicted molar refractivity (Wildman–Crippen MR) is 64.5 cm³/mol. The summed E-state index contributed by atoms with van der Waals surface area (Å²) in [6.45, 7) is 0. The van der Waals surface area contributed by atoms with E-state index in [1.165, 1.54) is 6.20 Å². The van der Waals surface area contributed by atoms with Crippen LogP contribution in [-0.2, 0) is 0 Å². The number of carboxylic acids is 1. The number of aromatic nitrogens is 3. The molecule has 0 atom stereocenters. The van der Waals surface area contributed by atoms with Crippen molar-refractivity contribution in [2.45, 2.75) is 0 Å². The molecule has 0 bridgehead atoms. The topological polar surface area (TPSA) is 102 Å². The summed E-state index contributed by atoms with van der Waals surface area (Å²) in [6.07, 6.45) is 1.44. The molecule has 4 N–H and O–H groups in total. The van der Waals surface area contributed by atoms with Crippen molar-refractivity contribution in [1.82, 2.24) is 15.0 Å². The molecule has 1 aromatic carbocycles. The zero-order valence-corrected chi connectivity index (χ0v) is 9.14. The van der Waals surface area contributed by atoms with Crippen LogP contribution < -0.4 is 0 Å². The van der Waals surface area contributed by atoms with Crippen LogP contribution in [0.5, 0.6) is 5.75 Å². The molecule has 90 valence electrons. The number of H-pyrrole nitrogens is 2. The van der Waals surface area contributed by atoms with E-state index in [1.807, 2.05) is 6.07 Å². The Kier molecular flexibility index (Phi) is 2.09. The fourth-order valence-electron chi connectivity index (χ4n) is 1.85. The fraction of sp³-hybridized carbons (Fsp3) is 0. The van der Waals surface area contributed by atoms with Crippen molar-refractivity contribution in [2.24, 2.45) is 0 Å². The highest BCUT2D eigenvalue weighted by atomic mass is 16.4. The zero-order chi connectivity index (χ0) is 12.7. The SMILES string of the molecule is O=C(O)c1ncc(-c2cc3c(O)cccc3[nH]2)[nH]1. The molecule has 3 rings (SSSR count). The molecule has 0 unspecified atom stereocenters. The van der Waals surface area contributed by atoms with E-state index in [1.54, 1.807) is 18.2 Å². The number of hydrogen-bond acceptors (Lipinski definition) is 3. The Morgan fingerprint density at radius 1 is 1.22 bits per heavy atom. The van der Waals surface area contributed by atoms with Gasteiger partial charge in [-0.05, 0) is 18.2 Å². The van der Waals surface area contributed by atoms with E-state index in [2.05, 4.69) is 15.0 Å². The minimum Gasteiger partial charge on any atom is -0.507 e. The summed E-state index contributed by atoms with van der Waals surface area (Å²) in [7, 11) is 0. The minimum absolute atomic E-state index is 0.118. The summed E-state index contributed by atoms with van der Waals surface area (Å²) in [6, 6.07) is 6.89. The molecule has 3 aromatic rings. The van der Waals surface area contributed by atoms with Gasteiger partial charge >= 0.3 is 5.97 Å². The molecule has 0 fully saturated rings. The smallest absolute Gasteiger partial charge is 0.371 e. The van der Waals surface area contributed by atoms with Gasteiger partial charge in [0.05, 0.1) is 17.6 Å². The molecule has 6 heteroatoms. The normalized spacial score (nSPS) is 10.9. The summed E-state index contributed by atoms with van der Waals surface area (Å²) in [5.74, 6) is -1.05. The average molecular weight is 243 g/mol. The summed E-state index contributed by atoms with van der Waals surface area (Å²) >= 11 is 0. The van der Waals surface area contributed by atoms with Gasteiger partial charge < -0.3 is 20.2 Å². The second-order valence-electron chi connectivity index (χ2n) is 3.87. The number of fused-ring (bicyclic) bond motifs is 1. The van der Waals surface area contributed by atoms with Gasteiger partial charge in [0.2, 0.25) is 5.82 Å². The van der Waals surface area contributed by atoms with Crippen LogP contribution >= 0.6 is 0 Å². The third-order valence-corrected chi connectivity index (χ3v) is 2.71. The molecule has 6 nitrogen and oxygen atoms in total. The number of rotatable bonds is 2. The van der Waals surface area contributed by atoms with Gasteiger partial charge in [0.25, 0.3) is 0 Å². The molecule has 0 aliphatic rings. The van der Waals surface area contributed by atoms with Crippen LogP contribution in [0.15, 0.2) is 30.5 Å². The number of benzene rings is 1. The Labute approximate surface area is 101 Å². The van der Waals surface area contributed by atoms with Crippen LogP contribution in [0.1, 0.15) is 10.6 Å². The Morgan fingerprint density at radius 2 is 2.06 bits per heavy atom. The Balaban J connectivity index is 2.13. The van der Waals surface area contributed by atoms with Crippen molar-refractivity contribution >= 4 is 16.9 Å². The number of imidazole rings is 1. The average Bonchev–Trinajstić information content (AvgIpc) is 2.95. The van der Waals surface area contributed by atoms with Crippen LogP contribution in [0.3, 0.4) is 0 Å². The summed E-state index contributed by atoms with van der Waals surface area (Å²) in [5.41, 5.74) is 2.01. The van der Waals surface area contributed by atoms with E-state index in [9.17, 15) is 9.90 Å². The number of nitrogens with zero attached hydrogens (tertiary/aromatic N) is 1. The van der Waals surface area contributed by atoms with E-state index in [4.69, 9.17) is 5.11 Å². The maximum Gasteiger partial charge on any atom is 0.371 e. The predicted octanol–water partition coefficient (Wildman–Crippen LogP) is 1.96. The lowest BCUT2D eigenvalue weighted by atomic mass is 10.2. The van der Waals surface area contributed by atoms with E-state index in [-0.39, 0.29) is 11.6 Å². The standard InChI is InChI=1S/C12H9N3O3/c16-10-3-1-2-7-6(10)4-8(14-7)9-5-13-11(15-9)12(17)18/h1-5,14,16H,(H,13,15)(H,17,18). The van der Waals surface area contributed by atoms with Crippen LogP contribution in [0.25, 0.3) is 22.3 Å². The molecular weight excluding hydrogens is 234 g/mol. The van der Waals surface area contributed by atoms with Gasteiger partial charge in [-0.15, -0.1) is 0 Å². The van der Waals surface area contributed by atoms with Crippen molar-refractivity contribution in [3.8, 4) is 17.1 Å². The van der Waals surface area contributed by atoms with Crippen molar-refractivity contribution in [3.05, 3.63) is 36.3 Å². The third kappa shape index (κ3) is 1.51. The number of phenols is 1. The number of aromatic carboxylic acids is 1. The summed E-state index contributed by atoms with van der Waals surface area (Å²) in [5, 5.41) is 19.1. The summed E-state index contributed by atoms with van der Waals surface area (Å²) < 4.78 is 0. The van der Waals surface area contributed by atoms with Crippen molar-refractivity contribution < 1.29 is 15.0 Å². The van der Waals surface area contributed by atoms with Gasteiger partial charge in [-0.25, -0.2) is 9.78 Å². The maximum atomic E-state index is 10.7. The molecule has 0 amide bonds. The first-order chi connectivity index (χ1) is 8.65. The van der Waals surface area contributed by atoms with Crippen LogP contribution in [-0.4, -0.2) is 31.1 Å². The van der Waals surface area contributed by atoms with Gasteiger partial charge in [-0.2, -0.15) is 0 Å². The second-order valence-corrected chi connectivity index (χ2v) is 3.87. The molecule has 2 heterocycles. The minimum atomic E-state index is -1.11. The Bertz CT molecular complexity index is 742. The Morgan fingerprint density at radius 3 is 2.72 bits per heavy atom. The van der Waals surface area contributed by atoms with Gasteiger partial charge in [0, 0.05) is 10.9 Å². The van der Waals surface area contributed by atoms with E-state index in [0.717, 1.165) is 5.52 Å². The first-order valence-corrected chi connectivity index (χ1v) is 5.24. The largest absolute Gasteiger partial charge is 0.507 e. The van der Waals surface area contributed by atoms with E-state index in [0.29, 0.717) is 16.8 Å². The zero-order valence-electron chi connectivity index (χ0n) is 9.14. The van der Waals surface area contributed by atoms with Gasteiger partial charge in [0.15, 0.2) is 0 Å². The highest BCUT2D eigenvalue weighted by Crippen LogP contribution is 2.28. The molecular formula is C12H9N3O3. The first-order valence-electron chi connectivity index (χ1n) is 5.24. The van der Waals surface area contributed by atoms with Crippen molar-refractivity contribution in [3.63, 3.8) is 0 Å². The van der Waals surface area contributed by atoms with Crippen LogP contribution in [0.2, 0.25) is 0 Å². The monoisotopic (exact) mass is 243 g/mol. The molecule has 18 heavy (non-hydrogen) atoms. The van der Waals surface area contributed by atoms with Gasteiger partial charge in [-0.1, -0.05) is 6.07 Å². The van der Waals surface area contributed by atoms with Crippen molar-refractivity contribution in [1.29, 1.82) is 0 Å². The third-order valence-electron chi connectivity index (χ3n) is 2.71. The number of aromatic hydroxyl groups is 1. The lowest BCUT2D eigenvalue weighted by Crippen LogP contribution is -1.98. The van der Waals surface area contributed by atoms with E-state index >= 15 is 0 Å². The van der Waals surface area contributed by atoms with Gasteiger partial charge in [0.1, 0.15) is 5.75 Å². The number of phenolic OH excluding ortho intramolecular Hbond substituents is 1. The van der Waals surface area contributed by atoms with Gasteiger partial charge in [-0.3, -0.25) is 0 Å². The maximum absolute atomic E-state index is 10.7. The van der Waals surface area contributed by atoms with Crippen molar-refractivity contribution in [2.75, 3.05) is 0 Å². The number of hydrogen-bond donors (Lipinski definition) is 4. The molecule has 0 aliphatic carbocycles. The highest BCUT2D eigenvalue weighted by Gasteiger charge is 2.11. The van der Waals surface area contributed by atoms with Crippen LogP contribution in [0.4, 0.5) is 0 Å².